The van der Waals surface area contributed by atoms with Crippen LogP contribution in [0.1, 0.15) is 0 Å². The van der Waals surface area contributed by atoms with Gasteiger partial charge in [0.1, 0.15) is 0 Å². The summed E-state index contributed by atoms with van der Waals surface area (Å²) in [5.41, 5.74) is 0. The summed E-state index contributed by atoms with van der Waals surface area (Å²) < 4.78 is 97.9. The van der Waals surface area contributed by atoms with Gasteiger partial charge in [-0.2, -0.15) is 35.1 Å². The highest BCUT2D eigenvalue weighted by Crippen LogP contribution is 2.44. The van der Waals surface area contributed by atoms with Crippen molar-refractivity contribution >= 4 is 23.2 Å². The predicted molar refractivity (Wildman–Crippen MR) is 41.2 cm³/mol. The molecule has 0 bridgehead atoms. The first-order valence-corrected chi connectivity index (χ1v) is 4.05. The second-order valence-corrected chi connectivity index (χ2v) is 3.25. The van der Waals surface area contributed by atoms with Crippen molar-refractivity contribution < 1.29 is 39.9 Å². The average molecular weight is 311 g/mol. The number of hydrogen-bond acceptors (Lipinski definition) is 1. The Morgan fingerprint density at radius 2 is 1.29 bits per heavy atom. The second-order valence-electron chi connectivity index (χ2n) is 2.30. The van der Waals surface area contributed by atoms with Gasteiger partial charge in [-0.25, -0.2) is 0 Å². The summed E-state index contributed by atoms with van der Waals surface area (Å²) in [6, 6.07) is -2.58. The van der Waals surface area contributed by atoms with Crippen molar-refractivity contribution in [3.63, 3.8) is 0 Å². The molecule has 11 heteroatoms. The van der Waals surface area contributed by atoms with E-state index in [0.29, 0.717) is 0 Å². The van der Waals surface area contributed by atoms with E-state index in [0.717, 1.165) is 0 Å². The van der Waals surface area contributed by atoms with Crippen LogP contribution in [0, 0.1) is 0 Å². The van der Waals surface area contributed by atoms with Gasteiger partial charge < -0.3 is 4.74 Å². The van der Waals surface area contributed by atoms with Crippen molar-refractivity contribution in [2.24, 2.45) is 0 Å². The molecule has 0 aliphatic heterocycles. The minimum Gasteiger partial charge on any atom is -0.399 e. The molecule has 0 saturated carbocycles. The van der Waals surface area contributed by atoms with Gasteiger partial charge in [0.15, 0.2) is 4.49 Å². The van der Waals surface area contributed by atoms with Crippen LogP contribution in [-0.2, 0) is 4.74 Å². The fraction of sp³-hybridized carbons (Fsp3) is 0.333. The fourth-order valence-electron chi connectivity index (χ4n) is 0.462. The van der Waals surface area contributed by atoms with Crippen molar-refractivity contribution in [1.82, 2.24) is 0 Å². The zero-order valence-corrected chi connectivity index (χ0v) is 8.70. The Morgan fingerprint density at radius 3 is 1.59 bits per heavy atom. The van der Waals surface area contributed by atoms with E-state index in [4.69, 9.17) is 0 Å². The molecule has 0 spiro atoms. The van der Waals surface area contributed by atoms with Crippen molar-refractivity contribution in [3.8, 4) is 0 Å². The molecule has 0 amide bonds. The lowest BCUT2D eigenvalue weighted by atomic mass is 10.3. The molecule has 100 valence electrons. The van der Waals surface area contributed by atoms with Crippen LogP contribution < -0.4 is 0 Å². The molecule has 0 atom stereocenters. The van der Waals surface area contributed by atoms with Gasteiger partial charge in [0.2, 0.25) is 5.83 Å². The third-order valence-electron chi connectivity index (χ3n) is 1.17. The van der Waals surface area contributed by atoms with Crippen molar-refractivity contribution in [3.05, 3.63) is 22.4 Å². The van der Waals surface area contributed by atoms with Crippen LogP contribution in [0.4, 0.5) is 35.1 Å². The normalized spacial score (nSPS) is 12.1. The molecule has 0 N–H and O–H groups in total. The Hall–Kier alpha value is -0.700. The third kappa shape index (κ3) is 3.63. The molecule has 0 heterocycles. The van der Waals surface area contributed by atoms with Crippen molar-refractivity contribution in [1.29, 1.82) is 0 Å². The van der Waals surface area contributed by atoms with E-state index in [-0.39, 0.29) is 0 Å². The number of ether oxygens (including phenoxy) is 1. The highest BCUT2D eigenvalue weighted by atomic mass is 35.5. The Kier molecular flexibility index (Phi) is 5.08. The van der Waals surface area contributed by atoms with Crippen LogP contribution in [0.5, 0.6) is 0 Å². The smallest absolute Gasteiger partial charge is 0.399 e. The maximum atomic E-state index is 12.5. The van der Waals surface area contributed by atoms with Crippen LogP contribution in [0.3, 0.4) is 0 Å². The number of rotatable bonds is 4. The van der Waals surface area contributed by atoms with Crippen molar-refractivity contribution in [2.75, 3.05) is 0 Å². The summed E-state index contributed by atoms with van der Waals surface area (Å²) in [4.78, 5) is 0. The van der Waals surface area contributed by atoms with Crippen LogP contribution in [0.2, 0.25) is 0 Å². The summed E-state index contributed by atoms with van der Waals surface area (Å²) in [6.45, 7) is 0. The molecule has 0 aliphatic carbocycles. The first-order valence-electron chi connectivity index (χ1n) is 3.30. The Labute approximate surface area is 98.2 Å². The van der Waals surface area contributed by atoms with Crippen LogP contribution in [0.15, 0.2) is 22.4 Å². The standard InChI is InChI=1S/C6Cl2F8O/c7-2(8)4(12)17-6(15,16)5(13,14)1(9)3(10)11. The van der Waals surface area contributed by atoms with Gasteiger partial charge in [-0.15, -0.1) is 0 Å². The number of alkyl halides is 4. The molecular weight excluding hydrogens is 311 g/mol. The van der Waals surface area contributed by atoms with E-state index < -0.39 is 34.4 Å². The first-order chi connectivity index (χ1) is 7.43. The summed E-state index contributed by atoms with van der Waals surface area (Å²) >= 11 is 9.08. The molecule has 0 unspecified atom stereocenters. The molecule has 0 aliphatic rings. The Morgan fingerprint density at radius 1 is 0.882 bits per heavy atom. The fourth-order valence-corrected chi connectivity index (χ4v) is 0.539. The van der Waals surface area contributed by atoms with Crippen LogP contribution >= 0.6 is 23.2 Å². The van der Waals surface area contributed by atoms with Gasteiger partial charge in [-0.3, -0.25) is 0 Å². The van der Waals surface area contributed by atoms with Gasteiger partial charge >= 0.3 is 24.1 Å². The predicted octanol–water partition coefficient (Wildman–Crippen LogP) is 4.88. The summed E-state index contributed by atoms with van der Waals surface area (Å²) in [5, 5.41) is 0. The maximum Gasteiger partial charge on any atom is 0.473 e. The lowest BCUT2D eigenvalue weighted by molar-refractivity contribution is -0.330. The highest BCUT2D eigenvalue weighted by molar-refractivity contribution is 6.56. The van der Waals surface area contributed by atoms with E-state index in [9.17, 15) is 35.1 Å². The quantitative estimate of drug-likeness (QED) is 0.531. The summed E-state index contributed by atoms with van der Waals surface area (Å²) in [5.74, 6) is -9.85. The largest absolute Gasteiger partial charge is 0.473 e. The van der Waals surface area contributed by atoms with E-state index in [2.05, 4.69) is 27.9 Å². The second kappa shape index (κ2) is 5.30. The van der Waals surface area contributed by atoms with Crippen LogP contribution in [0.25, 0.3) is 0 Å². The van der Waals surface area contributed by atoms with E-state index in [1.165, 1.54) is 0 Å². The molecule has 0 radical (unpaired) electrons. The zero-order valence-electron chi connectivity index (χ0n) is 7.19. The van der Waals surface area contributed by atoms with Crippen LogP contribution in [-0.4, -0.2) is 12.0 Å². The molecule has 0 aromatic carbocycles. The lowest BCUT2D eigenvalue weighted by Gasteiger charge is -2.23. The molecule has 1 nitrogen and oxygen atoms in total. The third-order valence-corrected chi connectivity index (χ3v) is 1.47. The molecule has 0 aromatic heterocycles. The van der Waals surface area contributed by atoms with Gasteiger partial charge in [0, 0.05) is 0 Å². The SMILES string of the molecule is FC(F)=C(F)C(F)(F)C(F)(F)OC(F)=C(Cl)Cl. The first kappa shape index (κ1) is 16.3. The monoisotopic (exact) mass is 310 g/mol. The van der Waals surface area contributed by atoms with Gasteiger partial charge in [0.25, 0.3) is 0 Å². The highest BCUT2D eigenvalue weighted by Gasteiger charge is 2.65. The molecule has 0 saturated heterocycles. The number of halogens is 10. The lowest BCUT2D eigenvalue weighted by Crippen LogP contribution is -2.43. The maximum absolute atomic E-state index is 12.5. The van der Waals surface area contributed by atoms with E-state index in [1.807, 2.05) is 0 Å². The Bertz CT molecular complexity index is 355. The molecule has 17 heavy (non-hydrogen) atoms. The van der Waals surface area contributed by atoms with Gasteiger partial charge in [-0.1, -0.05) is 23.2 Å². The number of hydrogen-bond donors (Lipinski definition) is 0. The van der Waals surface area contributed by atoms with Gasteiger partial charge in [-0.05, 0) is 0 Å². The molecule has 0 fully saturated rings. The molecule has 0 rings (SSSR count). The van der Waals surface area contributed by atoms with Crippen molar-refractivity contribution in [2.45, 2.75) is 12.0 Å². The van der Waals surface area contributed by atoms with E-state index >= 15 is 0 Å². The summed E-state index contributed by atoms with van der Waals surface area (Å²) in [6.07, 6.45) is -9.65. The minimum absolute atomic E-state index is 1.61. The Balaban J connectivity index is 5.33. The molecule has 0 aromatic rings. The molecular formula is C6Cl2F8O. The minimum atomic E-state index is -6.09. The van der Waals surface area contributed by atoms with E-state index in [1.54, 1.807) is 0 Å². The topological polar surface area (TPSA) is 9.23 Å². The van der Waals surface area contributed by atoms with Gasteiger partial charge in [0.05, 0.1) is 0 Å². The summed E-state index contributed by atoms with van der Waals surface area (Å²) in [7, 11) is 0. The zero-order chi connectivity index (χ0) is 14.0. The average Bonchev–Trinajstić information content (AvgIpc) is 2.14.